The van der Waals surface area contributed by atoms with Gasteiger partial charge in [0.25, 0.3) is 0 Å². The van der Waals surface area contributed by atoms with Gasteiger partial charge in [0.2, 0.25) is 10.0 Å². The summed E-state index contributed by atoms with van der Waals surface area (Å²) in [6, 6.07) is 0. The molecule has 0 saturated heterocycles. The van der Waals surface area contributed by atoms with Crippen LogP contribution in [0.25, 0.3) is 0 Å². The van der Waals surface area contributed by atoms with Crippen molar-refractivity contribution in [1.29, 1.82) is 0 Å². The minimum absolute atomic E-state index is 0.494. The first-order chi connectivity index (χ1) is 8.77. The van der Waals surface area contributed by atoms with Gasteiger partial charge < -0.3 is 0 Å². The van der Waals surface area contributed by atoms with Crippen molar-refractivity contribution in [2.24, 2.45) is 5.41 Å². The Labute approximate surface area is 120 Å². The number of unbranched alkanes of at least 4 members (excludes halogenated alkanes) is 5. The summed E-state index contributed by atoms with van der Waals surface area (Å²) < 4.78 is 24.2. The number of hydrogen-bond acceptors (Lipinski definition) is 2. The van der Waals surface area contributed by atoms with E-state index in [2.05, 4.69) is 25.5 Å². The van der Waals surface area contributed by atoms with Gasteiger partial charge in [-0.05, 0) is 24.7 Å². The van der Waals surface area contributed by atoms with Crippen LogP contribution in [0.5, 0.6) is 0 Å². The highest BCUT2D eigenvalue weighted by atomic mass is 32.2. The van der Waals surface area contributed by atoms with Crippen LogP contribution in [0.3, 0.4) is 0 Å². The van der Waals surface area contributed by atoms with Crippen LogP contribution < -0.4 is 4.72 Å². The molecule has 0 bridgehead atoms. The molecule has 0 aromatic heterocycles. The van der Waals surface area contributed by atoms with Crippen LogP contribution in [-0.4, -0.2) is 21.2 Å². The molecule has 4 heteroatoms. The maximum atomic E-state index is 10.9. The highest BCUT2D eigenvalue weighted by Crippen LogP contribution is 2.29. The van der Waals surface area contributed by atoms with Gasteiger partial charge >= 0.3 is 0 Å². The Kier molecular flexibility index (Phi) is 9.71. The van der Waals surface area contributed by atoms with E-state index < -0.39 is 10.0 Å². The van der Waals surface area contributed by atoms with Crippen molar-refractivity contribution in [3.63, 3.8) is 0 Å². The van der Waals surface area contributed by atoms with E-state index >= 15 is 0 Å². The van der Waals surface area contributed by atoms with Crippen molar-refractivity contribution in [2.45, 2.75) is 78.6 Å². The normalized spacial score (nSPS) is 12.8. The topological polar surface area (TPSA) is 46.2 Å². The standard InChI is InChI=1S/C15H33NO2S/c1-5-6-12-15(2,3)13-10-8-7-9-11-14-16-19(4,17)18/h16H,5-14H2,1-4H3. The summed E-state index contributed by atoms with van der Waals surface area (Å²) in [5, 5.41) is 0. The number of nitrogens with one attached hydrogen (secondary N) is 1. The summed E-state index contributed by atoms with van der Waals surface area (Å²) in [5.74, 6) is 0. The highest BCUT2D eigenvalue weighted by Gasteiger charge is 2.15. The van der Waals surface area contributed by atoms with E-state index in [-0.39, 0.29) is 0 Å². The molecule has 0 fully saturated rings. The summed E-state index contributed by atoms with van der Waals surface area (Å²) in [6.45, 7) is 7.58. The van der Waals surface area contributed by atoms with Crippen LogP contribution in [0.2, 0.25) is 0 Å². The first kappa shape index (κ1) is 18.9. The Hall–Kier alpha value is -0.0900. The molecule has 0 aliphatic carbocycles. The fourth-order valence-corrected chi connectivity index (χ4v) is 2.81. The maximum Gasteiger partial charge on any atom is 0.208 e. The average Bonchev–Trinajstić information content (AvgIpc) is 2.28. The minimum atomic E-state index is -3.00. The Morgan fingerprint density at radius 1 is 0.895 bits per heavy atom. The monoisotopic (exact) mass is 291 g/mol. The lowest BCUT2D eigenvalue weighted by Gasteiger charge is -2.24. The number of hydrogen-bond donors (Lipinski definition) is 1. The molecule has 0 heterocycles. The predicted molar refractivity (Wildman–Crippen MR) is 83.9 cm³/mol. The Morgan fingerprint density at radius 2 is 1.42 bits per heavy atom. The lowest BCUT2D eigenvalue weighted by Crippen LogP contribution is -2.22. The third-order valence-corrected chi connectivity index (χ3v) is 4.33. The van der Waals surface area contributed by atoms with Crippen LogP contribution >= 0.6 is 0 Å². The lowest BCUT2D eigenvalue weighted by atomic mass is 9.82. The first-order valence-corrected chi connectivity index (χ1v) is 9.60. The van der Waals surface area contributed by atoms with Crippen LogP contribution in [0, 0.1) is 5.41 Å². The molecule has 0 amide bonds. The fraction of sp³-hybridized carbons (Fsp3) is 1.00. The molecule has 0 aliphatic heterocycles. The van der Waals surface area contributed by atoms with E-state index in [1.165, 1.54) is 51.2 Å². The molecule has 19 heavy (non-hydrogen) atoms. The first-order valence-electron chi connectivity index (χ1n) is 7.71. The van der Waals surface area contributed by atoms with E-state index in [0.717, 1.165) is 12.8 Å². The zero-order valence-corrected chi connectivity index (χ0v) is 14.1. The van der Waals surface area contributed by atoms with E-state index in [4.69, 9.17) is 0 Å². The van der Waals surface area contributed by atoms with Gasteiger partial charge in [0.15, 0.2) is 0 Å². The molecule has 0 aromatic carbocycles. The fourth-order valence-electron chi connectivity index (χ4n) is 2.30. The summed E-state index contributed by atoms with van der Waals surface area (Å²) in [7, 11) is -3.00. The third-order valence-electron chi connectivity index (χ3n) is 3.60. The van der Waals surface area contributed by atoms with Crippen molar-refractivity contribution in [1.82, 2.24) is 4.72 Å². The van der Waals surface area contributed by atoms with Crippen molar-refractivity contribution in [3.8, 4) is 0 Å². The van der Waals surface area contributed by atoms with E-state index in [0.29, 0.717) is 12.0 Å². The molecule has 3 nitrogen and oxygen atoms in total. The van der Waals surface area contributed by atoms with Crippen LogP contribution in [0.15, 0.2) is 0 Å². The highest BCUT2D eigenvalue weighted by molar-refractivity contribution is 7.88. The second-order valence-electron chi connectivity index (χ2n) is 6.45. The maximum absolute atomic E-state index is 10.9. The molecule has 1 N–H and O–H groups in total. The Morgan fingerprint density at radius 3 is 2.00 bits per heavy atom. The summed E-state index contributed by atoms with van der Waals surface area (Å²) in [4.78, 5) is 0. The smallest absolute Gasteiger partial charge is 0.208 e. The zero-order valence-electron chi connectivity index (χ0n) is 13.3. The molecule has 0 unspecified atom stereocenters. The second-order valence-corrected chi connectivity index (χ2v) is 8.29. The molecule has 0 atom stereocenters. The molecular formula is C15H33NO2S. The van der Waals surface area contributed by atoms with Crippen molar-refractivity contribution >= 4 is 10.0 Å². The molecule has 0 radical (unpaired) electrons. The van der Waals surface area contributed by atoms with Crippen molar-refractivity contribution in [2.75, 3.05) is 12.8 Å². The summed E-state index contributed by atoms with van der Waals surface area (Å²) >= 11 is 0. The SMILES string of the molecule is CCCCC(C)(C)CCCCCCCNS(C)(=O)=O. The number of sulfonamides is 1. The quantitative estimate of drug-likeness (QED) is 0.550. The minimum Gasteiger partial charge on any atom is -0.215 e. The van der Waals surface area contributed by atoms with E-state index in [9.17, 15) is 8.42 Å². The molecule has 0 rings (SSSR count). The van der Waals surface area contributed by atoms with Gasteiger partial charge in [0.05, 0.1) is 6.26 Å². The lowest BCUT2D eigenvalue weighted by molar-refractivity contribution is 0.285. The average molecular weight is 292 g/mol. The molecule has 0 saturated carbocycles. The van der Waals surface area contributed by atoms with E-state index in [1.54, 1.807) is 0 Å². The van der Waals surface area contributed by atoms with Gasteiger partial charge in [-0.1, -0.05) is 59.3 Å². The Bertz CT molecular complexity index is 310. The van der Waals surface area contributed by atoms with Crippen molar-refractivity contribution in [3.05, 3.63) is 0 Å². The van der Waals surface area contributed by atoms with Crippen LogP contribution in [0.1, 0.15) is 78.6 Å². The zero-order chi connectivity index (χ0) is 14.8. The second kappa shape index (κ2) is 9.76. The van der Waals surface area contributed by atoms with Gasteiger partial charge in [-0.3, -0.25) is 0 Å². The largest absolute Gasteiger partial charge is 0.215 e. The van der Waals surface area contributed by atoms with Crippen LogP contribution in [0.4, 0.5) is 0 Å². The van der Waals surface area contributed by atoms with Gasteiger partial charge in [-0.15, -0.1) is 0 Å². The predicted octanol–water partition coefficient (Wildman–Crippen LogP) is 4.09. The van der Waals surface area contributed by atoms with Gasteiger partial charge in [0, 0.05) is 6.54 Å². The molecular weight excluding hydrogens is 258 g/mol. The molecule has 0 aliphatic rings. The Balaban J connectivity index is 3.40. The van der Waals surface area contributed by atoms with Crippen LogP contribution in [-0.2, 0) is 10.0 Å². The number of rotatable bonds is 12. The summed E-state index contributed by atoms with van der Waals surface area (Å²) in [6.07, 6.45) is 12.4. The van der Waals surface area contributed by atoms with Crippen molar-refractivity contribution < 1.29 is 8.42 Å². The molecule has 0 aromatic rings. The summed E-state index contributed by atoms with van der Waals surface area (Å²) in [5.41, 5.74) is 0.494. The third kappa shape index (κ3) is 14.1. The molecule has 0 spiro atoms. The van der Waals surface area contributed by atoms with Gasteiger partial charge in [-0.2, -0.15) is 0 Å². The van der Waals surface area contributed by atoms with Gasteiger partial charge in [0.1, 0.15) is 0 Å². The van der Waals surface area contributed by atoms with E-state index in [1.807, 2.05) is 0 Å². The molecule has 116 valence electrons. The van der Waals surface area contributed by atoms with Gasteiger partial charge in [-0.25, -0.2) is 13.1 Å².